The minimum atomic E-state index is -3.33. The maximum absolute atomic E-state index is 12.3. The van der Waals surface area contributed by atoms with E-state index >= 15 is 0 Å². The van der Waals surface area contributed by atoms with E-state index in [0.717, 1.165) is 5.70 Å². The lowest BCUT2D eigenvalue weighted by Crippen LogP contribution is -2.47. The van der Waals surface area contributed by atoms with Crippen LogP contribution in [0.25, 0.3) is 0 Å². The lowest BCUT2D eigenvalue weighted by Gasteiger charge is -2.35. The molecule has 5 heteroatoms. The number of rotatable bonds is 3. The average Bonchev–Trinajstić information content (AvgIpc) is 2.40. The molecule has 1 aliphatic heterocycles. The van der Waals surface area contributed by atoms with Crippen LogP contribution in [-0.4, -0.2) is 43.8 Å². The largest absolute Gasteiger partial charge is 0.373 e. The van der Waals surface area contributed by atoms with Crippen LogP contribution in [0.1, 0.15) is 6.92 Å². The zero-order valence-electron chi connectivity index (χ0n) is 10.5. The summed E-state index contributed by atoms with van der Waals surface area (Å²) >= 11 is 0. The van der Waals surface area contributed by atoms with Crippen LogP contribution in [0, 0.1) is 0 Å². The molecule has 98 valence electrons. The van der Waals surface area contributed by atoms with Gasteiger partial charge in [0.05, 0.1) is 4.90 Å². The van der Waals surface area contributed by atoms with Crippen molar-refractivity contribution in [3.63, 3.8) is 0 Å². The number of sulfonamides is 1. The Morgan fingerprint density at radius 3 is 2.17 bits per heavy atom. The Morgan fingerprint density at radius 2 is 1.67 bits per heavy atom. The molecular weight excluding hydrogens is 248 g/mol. The molecule has 0 saturated carbocycles. The van der Waals surface area contributed by atoms with Crippen molar-refractivity contribution in [1.82, 2.24) is 9.21 Å². The molecule has 2 rings (SSSR count). The van der Waals surface area contributed by atoms with Gasteiger partial charge in [0.15, 0.2) is 0 Å². The minimum Gasteiger partial charge on any atom is -0.373 e. The van der Waals surface area contributed by atoms with Gasteiger partial charge in [0.2, 0.25) is 10.0 Å². The minimum absolute atomic E-state index is 0.369. The smallest absolute Gasteiger partial charge is 0.243 e. The number of allylic oxidation sites excluding steroid dienone is 1. The molecule has 1 aromatic carbocycles. The second kappa shape index (κ2) is 5.12. The summed E-state index contributed by atoms with van der Waals surface area (Å²) in [5.74, 6) is 0. The predicted octanol–water partition coefficient (Wildman–Crippen LogP) is 1.53. The van der Waals surface area contributed by atoms with Crippen LogP contribution in [0.15, 0.2) is 47.5 Å². The molecule has 0 amide bonds. The Balaban J connectivity index is 2.12. The first-order valence-electron chi connectivity index (χ1n) is 5.97. The van der Waals surface area contributed by atoms with E-state index < -0.39 is 10.0 Å². The van der Waals surface area contributed by atoms with Gasteiger partial charge in [0.1, 0.15) is 0 Å². The van der Waals surface area contributed by atoms with Gasteiger partial charge in [-0.3, -0.25) is 0 Å². The predicted molar refractivity (Wildman–Crippen MR) is 71.6 cm³/mol. The molecule has 1 aliphatic rings. The van der Waals surface area contributed by atoms with E-state index in [0.29, 0.717) is 31.1 Å². The highest BCUT2D eigenvalue weighted by atomic mass is 32.2. The van der Waals surface area contributed by atoms with Crippen molar-refractivity contribution in [1.29, 1.82) is 0 Å². The third-order valence-corrected chi connectivity index (χ3v) is 5.07. The average molecular weight is 266 g/mol. The molecular formula is C13H18N2O2S. The molecule has 0 aliphatic carbocycles. The standard InChI is InChI=1S/C13H18N2O2S/c1-12(2)14-8-10-15(11-9-14)18(16,17)13-6-4-3-5-7-13/h3-7H,1,8-11H2,2H3. The Kier molecular flexibility index (Phi) is 3.73. The zero-order valence-corrected chi connectivity index (χ0v) is 11.4. The number of piperazine rings is 1. The molecule has 18 heavy (non-hydrogen) atoms. The van der Waals surface area contributed by atoms with Crippen LogP contribution in [-0.2, 0) is 10.0 Å². The number of hydrogen-bond donors (Lipinski definition) is 0. The Bertz CT molecular complexity index is 517. The van der Waals surface area contributed by atoms with Crippen molar-refractivity contribution >= 4 is 10.0 Å². The molecule has 1 fully saturated rings. The normalized spacial score (nSPS) is 17.7. The van der Waals surface area contributed by atoms with Crippen molar-refractivity contribution in [2.24, 2.45) is 0 Å². The van der Waals surface area contributed by atoms with Gasteiger partial charge in [-0.25, -0.2) is 8.42 Å². The van der Waals surface area contributed by atoms with E-state index in [1.165, 1.54) is 0 Å². The van der Waals surface area contributed by atoms with Crippen molar-refractivity contribution in [2.45, 2.75) is 11.8 Å². The molecule has 1 heterocycles. The molecule has 0 bridgehead atoms. The zero-order chi connectivity index (χ0) is 13.2. The Hall–Kier alpha value is -1.33. The quantitative estimate of drug-likeness (QED) is 0.833. The third-order valence-electron chi connectivity index (χ3n) is 3.16. The maximum atomic E-state index is 12.3. The van der Waals surface area contributed by atoms with Gasteiger partial charge in [-0.05, 0) is 19.1 Å². The number of benzene rings is 1. The van der Waals surface area contributed by atoms with Gasteiger partial charge in [-0.1, -0.05) is 24.8 Å². The van der Waals surface area contributed by atoms with Crippen LogP contribution in [0.3, 0.4) is 0 Å². The Labute approximate surface area is 109 Å². The monoisotopic (exact) mass is 266 g/mol. The van der Waals surface area contributed by atoms with E-state index in [9.17, 15) is 8.42 Å². The first kappa shape index (κ1) is 13.1. The molecule has 0 atom stereocenters. The molecule has 0 unspecified atom stereocenters. The van der Waals surface area contributed by atoms with E-state index in [4.69, 9.17) is 0 Å². The summed E-state index contributed by atoms with van der Waals surface area (Å²) in [4.78, 5) is 2.48. The number of hydrogen-bond acceptors (Lipinski definition) is 3. The molecule has 1 aromatic rings. The van der Waals surface area contributed by atoms with Gasteiger partial charge in [-0.15, -0.1) is 0 Å². The summed E-state index contributed by atoms with van der Waals surface area (Å²) in [5.41, 5.74) is 0.992. The summed E-state index contributed by atoms with van der Waals surface area (Å²) in [6, 6.07) is 8.59. The van der Waals surface area contributed by atoms with Crippen molar-refractivity contribution in [3.8, 4) is 0 Å². The molecule has 0 spiro atoms. The lowest BCUT2D eigenvalue weighted by molar-refractivity contribution is 0.230. The topological polar surface area (TPSA) is 40.6 Å². The molecule has 0 radical (unpaired) electrons. The fraction of sp³-hybridized carbons (Fsp3) is 0.385. The van der Waals surface area contributed by atoms with E-state index in [1.54, 1.807) is 28.6 Å². The summed E-state index contributed by atoms with van der Waals surface area (Å²) < 4.78 is 26.2. The Morgan fingerprint density at radius 1 is 1.11 bits per heavy atom. The second-order valence-corrected chi connectivity index (χ2v) is 6.38. The van der Waals surface area contributed by atoms with E-state index in [-0.39, 0.29) is 0 Å². The first-order valence-corrected chi connectivity index (χ1v) is 7.41. The highest BCUT2D eigenvalue weighted by Crippen LogP contribution is 2.18. The van der Waals surface area contributed by atoms with Gasteiger partial charge >= 0.3 is 0 Å². The van der Waals surface area contributed by atoms with Crippen LogP contribution in [0.4, 0.5) is 0 Å². The summed E-state index contributed by atoms with van der Waals surface area (Å²) in [6.07, 6.45) is 0. The summed E-state index contributed by atoms with van der Waals surface area (Å²) in [6.45, 7) is 8.28. The van der Waals surface area contributed by atoms with Gasteiger partial charge in [-0.2, -0.15) is 4.31 Å². The van der Waals surface area contributed by atoms with Crippen LogP contribution in [0.5, 0.6) is 0 Å². The SMILES string of the molecule is C=C(C)N1CCN(S(=O)(=O)c2ccccc2)CC1. The summed E-state index contributed by atoms with van der Waals surface area (Å²) in [7, 11) is -3.33. The third kappa shape index (κ3) is 2.57. The lowest BCUT2D eigenvalue weighted by atomic mass is 10.3. The molecule has 4 nitrogen and oxygen atoms in total. The molecule has 1 saturated heterocycles. The van der Waals surface area contributed by atoms with Crippen molar-refractivity contribution in [2.75, 3.05) is 26.2 Å². The van der Waals surface area contributed by atoms with Crippen molar-refractivity contribution in [3.05, 3.63) is 42.6 Å². The first-order chi connectivity index (χ1) is 8.51. The van der Waals surface area contributed by atoms with Gasteiger partial charge in [0.25, 0.3) is 0 Å². The van der Waals surface area contributed by atoms with Crippen LogP contribution in [0.2, 0.25) is 0 Å². The summed E-state index contributed by atoms with van der Waals surface area (Å²) in [5, 5.41) is 0. The maximum Gasteiger partial charge on any atom is 0.243 e. The highest BCUT2D eigenvalue weighted by molar-refractivity contribution is 7.89. The second-order valence-electron chi connectivity index (χ2n) is 4.44. The highest BCUT2D eigenvalue weighted by Gasteiger charge is 2.27. The van der Waals surface area contributed by atoms with Crippen LogP contribution >= 0.6 is 0 Å². The fourth-order valence-corrected chi connectivity index (χ4v) is 3.49. The fourth-order valence-electron chi connectivity index (χ4n) is 2.05. The van der Waals surface area contributed by atoms with Gasteiger partial charge < -0.3 is 4.90 Å². The molecule has 0 N–H and O–H groups in total. The van der Waals surface area contributed by atoms with Crippen LogP contribution < -0.4 is 0 Å². The molecule has 0 aromatic heterocycles. The number of nitrogens with zero attached hydrogens (tertiary/aromatic N) is 2. The van der Waals surface area contributed by atoms with E-state index in [1.807, 2.05) is 13.0 Å². The van der Waals surface area contributed by atoms with E-state index in [2.05, 4.69) is 11.5 Å². The van der Waals surface area contributed by atoms with Gasteiger partial charge in [0, 0.05) is 31.9 Å². The van der Waals surface area contributed by atoms with Crippen molar-refractivity contribution < 1.29 is 8.42 Å².